The zero-order valence-electron chi connectivity index (χ0n) is 12.5. The Morgan fingerprint density at radius 3 is 2.50 bits per heavy atom. The van der Waals surface area contributed by atoms with Crippen LogP contribution in [0.3, 0.4) is 0 Å². The summed E-state index contributed by atoms with van der Waals surface area (Å²) >= 11 is 0. The minimum Gasteiger partial charge on any atom is -0.468 e. The van der Waals surface area contributed by atoms with Crippen molar-refractivity contribution < 1.29 is 14.0 Å². The van der Waals surface area contributed by atoms with Gasteiger partial charge in [-0.3, -0.25) is 4.79 Å². The number of nitrogens with one attached hydrogen (secondary N) is 1. The van der Waals surface area contributed by atoms with Crippen LogP contribution in [0.5, 0.6) is 0 Å². The molecule has 1 heterocycles. The molecule has 4 nitrogen and oxygen atoms in total. The third kappa shape index (κ3) is 3.80. The molecule has 0 spiro atoms. The maximum absolute atomic E-state index is 11.4. The smallest absolute Gasteiger partial charge is 0.322 e. The molecule has 0 saturated carbocycles. The van der Waals surface area contributed by atoms with Gasteiger partial charge in [0.05, 0.1) is 7.11 Å². The summed E-state index contributed by atoms with van der Waals surface area (Å²) in [6.45, 7) is 12.8. The number of rotatable bonds is 4. The van der Waals surface area contributed by atoms with Crippen molar-refractivity contribution in [1.29, 1.82) is 0 Å². The number of hydrogen-bond acceptors (Lipinski definition) is 4. The van der Waals surface area contributed by atoms with Crippen LogP contribution in [-0.4, -0.2) is 40.6 Å². The van der Waals surface area contributed by atoms with E-state index in [2.05, 4.69) is 39.2 Å². The molecule has 0 aromatic heterocycles. The molecule has 18 heavy (non-hydrogen) atoms. The molecule has 0 radical (unpaired) electrons. The van der Waals surface area contributed by atoms with Crippen molar-refractivity contribution in [2.75, 3.05) is 20.3 Å². The highest BCUT2D eigenvalue weighted by molar-refractivity contribution is 6.74. The van der Waals surface area contributed by atoms with E-state index in [9.17, 15) is 4.79 Å². The largest absolute Gasteiger partial charge is 0.468 e. The summed E-state index contributed by atoms with van der Waals surface area (Å²) in [7, 11) is -0.240. The molecule has 1 N–H and O–H groups in total. The van der Waals surface area contributed by atoms with E-state index < -0.39 is 8.32 Å². The maximum atomic E-state index is 11.4. The molecule has 0 aliphatic carbocycles. The summed E-state index contributed by atoms with van der Waals surface area (Å²) in [5.74, 6) is 0.257. The Bertz CT molecular complexity index is 299. The molecule has 2 atom stereocenters. The van der Waals surface area contributed by atoms with Crippen molar-refractivity contribution in [3.05, 3.63) is 0 Å². The van der Waals surface area contributed by atoms with E-state index in [4.69, 9.17) is 9.16 Å². The fourth-order valence-electron chi connectivity index (χ4n) is 1.80. The second kappa shape index (κ2) is 5.71. The van der Waals surface area contributed by atoms with Crippen molar-refractivity contribution in [2.24, 2.45) is 5.92 Å². The molecule has 0 bridgehead atoms. The van der Waals surface area contributed by atoms with Crippen LogP contribution in [-0.2, 0) is 14.0 Å². The predicted octanol–water partition coefficient (Wildman–Crippen LogP) is 2.16. The lowest BCUT2D eigenvalue weighted by atomic mass is 10.1. The van der Waals surface area contributed by atoms with Gasteiger partial charge in [0.25, 0.3) is 0 Å². The van der Waals surface area contributed by atoms with Crippen LogP contribution in [0.15, 0.2) is 0 Å². The first-order valence-corrected chi connectivity index (χ1v) is 9.53. The zero-order chi connectivity index (χ0) is 14.0. The Balaban J connectivity index is 2.41. The number of esters is 1. The Kier molecular flexibility index (Phi) is 4.97. The van der Waals surface area contributed by atoms with Gasteiger partial charge in [0.1, 0.15) is 6.04 Å². The number of carbonyl (C=O) groups excluding carboxylic acids is 1. The zero-order valence-corrected chi connectivity index (χ0v) is 13.5. The third-order valence-electron chi connectivity index (χ3n) is 4.19. The van der Waals surface area contributed by atoms with Gasteiger partial charge in [-0.15, -0.1) is 0 Å². The average molecular weight is 273 g/mol. The molecule has 1 fully saturated rings. The van der Waals surface area contributed by atoms with Gasteiger partial charge < -0.3 is 14.5 Å². The maximum Gasteiger partial charge on any atom is 0.322 e. The second-order valence-electron chi connectivity index (χ2n) is 6.66. The quantitative estimate of drug-likeness (QED) is 0.630. The van der Waals surface area contributed by atoms with Crippen LogP contribution in [0.25, 0.3) is 0 Å². The SMILES string of the molecule is COC(=O)[C@@H]1C[C@@H](CO[Si](C)(C)C(C)(C)C)CN1. The predicted molar refractivity (Wildman–Crippen MR) is 75.1 cm³/mol. The van der Waals surface area contributed by atoms with Crippen LogP contribution in [0.2, 0.25) is 18.1 Å². The fraction of sp³-hybridized carbons (Fsp3) is 0.923. The van der Waals surface area contributed by atoms with Crippen molar-refractivity contribution >= 4 is 14.3 Å². The summed E-state index contributed by atoms with van der Waals surface area (Å²) in [4.78, 5) is 11.4. The van der Waals surface area contributed by atoms with Gasteiger partial charge in [0, 0.05) is 13.2 Å². The minimum atomic E-state index is -1.67. The Morgan fingerprint density at radius 1 is 1.39 bits per heavy atom. The summed E-state index contributed by atoms with van der Waals surface area (Å²) < 4.78 is 10.9. The molecule has 1 saturated heterocycles. The van der Waals surface area contributed by atoms with Gasteiger partial charge >= 0.3 is 5.97 Å². The summed E-state index contributed by atoms with van der Waals surface area (Å²) in [6, 6.07) is -0.150. The van der Waals surface area contributed by atoms with E-state index in [-0.39, 0.29) is 17.0 Å². The van der Waals surface area contributed by atoms with Crippen molar-refractivity contribution in [3.8, 4) is 0 Å². The highest BCUT2D eigenvalue weighted by atomic mass is 28.4. The van der Waals surface area contributed by atoms with Gasteiger partial charge in [0.15, 0.2) is 8.32 Å². The van der Waals surface area contributed by atoms with Crippen LogP contribution in [0.1, 0.15) is 27.2 Å². The molecule has 1 aliphatic rings. The standard InChI is InChI=1S/C13H27NO3Si/c1-13(2,3)18(5,6)17-9-10-7-11(14-8-10)12(15)16-4/h10-11,14H,7-9H2,1-6H3/t10-,11+/m1/s1. The normalized spacial score (nSPS) is 25.2. The van der Waals surface area contributed by atoms with Gasteiger partial charge in [-0.1, -0.05) is 20.8 Å². The van der Waals surface area contributed by atoms with Gasteiger partial charge in [0.2, 0.25) is 0 Å². The van der Waals surface area contributed by atoms with Gasteiger partial charge in [-0.25, -0.2) is 0 Å². The van der Waals surface area contributed by atoms with E-state index >= 15 is 0 Å². The molecule has 106 valence electrons. The lowest BCUT2D eigenvalue weighted by Gasteiger charge is -2.36. The third-order valence-corrected chi connectivity index (χ3v) is 8.69. The lowest BCUT2D eigenvalue weighted by Crippen LogP contribution is -2.42. The molecule has 0 aromatic carbocycles. The molecule has 0 amide bonds. The molecule has 5 heteroatoms. The number of ether oxygens (including phenoxy) is 1. The van der Waals surface area contributed by atoms with Crippen LogP contribution >= 0.6 is 0 Å². The summed E-state index contributed by atoms with van der Waals surface area (Å²) in [5, 5.41) is 3.43. The Hall–Kier alpha value is -0.393. The van der Waals surface area contributed by atoms with E-state index in [1.807, 2.05) is 0 Å². The van der Waals surface area contributed by atoms with E-state index in [1.54, 1.807) is 0 Å². The molecule has 1 aliphatic heterocycles. The molecule has 0 aromatic rings. The highest BCUT2D eigenvalue weighted by Crippen LogP contribution is 2.37. The average Bonchev–Trinajstić information content (AvgIpc) is 2.72. The number of methoxy groups -OCH3 is 1. The summed E-state index contributed by atoms with van der Waals surface area (Å²) in [5.41, 5.74) is 0. The Labute approximate surface area is 112 Å². The van der Waals surface area contributed by atoms with E-state index in [0.29, 0.717) is 5.92 Å². The number of hydrogen-bond donors (Lipinski definition) is 1. The van der Waals surface area contributed by atoms with Crippen molar-refractivity contribution in [2.45, 2.75) is 51.4 Å². The number of carbonyl (C=O) groups is 1. The van der Waals surface area contributed by atoms with E-state index in [1.165, 1.54) is 7.11 Å². The van der Waals surface area contributed by atoms with Gasteiger partial charge in [-0.2, -0.15) is 0 Å². The summed E-state index contributed by atoms with van der Waals surface area (Å²) in [6.07, 6.45) is 0.821. The first-order chi connectivity index (χ1) is 8.17. The fourth-order valence-corrected chi connectivity index (χ4v) is 2.89. The van der Waals surface area contributed by atoms with Gasteiger partial charge in [-0.05, 0) is 30.5 Å². The molecule has 0 unspecified atom stereocenters. The molecular weight excluding hydrogens is 246 g/mol. The highest BCUT2D eigenvalue weighted by Gasteiger charge is 2.38. The van der Waals surface area contributed by atoms with Crippen molar-refractivity contribution in [3.63, 3.8) is 0 Å². The first-order valence-electron chi connectivity index (χ1n) is 6.62. The Morgan fingerprint density at radius 2 is 2.00 bits per heavy atom. The minimum absolute atomic E-state index is 0.150. The molecule has 1 rings (SSSR count). The lowest BCUT2D eigenvalue weighted by molar-refractivity contribution is -0.142. The van der Waals surface area contributed by atoms with Crippen LogP contribution < -0.4 is 5.32 Å². The molecular formula is C13H27NO3Si. The second-order valence-corrected chi connectivity index (χ2v) is 11.5. The van der Waals surface area contributed by atoms with Crippen molar-refractivity contribution in [1.82, 2.24) is 5.32 Å². The van der Waals surface area contributed by atoms with Crippen LogP contribution in [0, 0.1) is 5.92 Å². The topological polar surface area (TPSA) is 47.6 Å². The van der Waals surface area contributed by atoms with Crippen LogP contribution in [0.4, 0.5) is 0 Å². The first kappa shape index (κ1) is 15.7. The monoisotopic (exact) mass is 273 g/mol. The van der Waals surface area contributed by atoms with E-state index in [0.717, 1.165) is 19.6 Å².